The molecule has 0 aliphatic heterocycles. The lowest BCUT2D eigenvalue weighted by Gasteiger charge is -2.26. The maximum absolute atomic E-state index is 12.8. The van der Waals surface area contributed by atoms with E-state index in [-0.39, 0.29) is 17.7 Å². The van der Waals surface area contributed by atoms with E-state index in [1.54, 1.807) is 16.8 Å². The number of amides is 1. The summed E-state index contributed by atoms with van der Waals surface area (Å²) in [6, 6.07) is 17.3. The fraction of sp³-hybridized carbons (Fsp3) is 0.263. The van der Waals surface area contributed by atoms with Crippen LogP contribution in [-0.4, -0.2) is 42.8 Å². The molecule has 0 atom stereocenters. The first-order chi connectivity index (χ1) is 13.0. The number of carbonyl (C=O) groups is 1. The topological polar surface area (TPSA) is 63.9 Å². The first kappa shape index (κ1) is 19.4. The Morgan fingerprint density at radius 3 is 2.67 bits per heavy atom. The normalized spacial score (nSPS) is 11.0. The average molecular weight is 402 g/mol. The van der Waals surface area contributed by atoms with E-state index >= 15 is 0 Å². The summed E-state index contributed by atoms with van der Waals surface area (Å²) < 4.78 is 1.58. The zero-order valence-electron chi connectivity index (χ0n) is 15.1. The minimum Gasteiger partial charge on any atom is -0.335 e. The zero-order valence-corrected chi connectivity index (χ0v) is 16.7. The van der Waals surface area contributed by atoms with E-state index in [1.807, 2.05) is 61.2 Å². The Balaban J connectivity index is 1.69. The van der Waals surface area contributed by atoms with E-state index in [1.165, 1.54) is 11.8 Å². The highest BCUT2D eigenvalue weighted by atomic mass is 35.5. The second kappa shape index (κ2) is 9.01. The molecule has 0 saturated carbocycles. The van der Waals surface area contributed by atoms with Gasteiger partial charge in [0, 0.05) is 17.6 Å². The van der Waals surface area contributed by atoms with Crippen LogP contribution in [0, 0.1) is 0 Å². The summed E-state index contributed by atoms with van der Waals surface area (Å²) in [6.45, 7) is 4.61. The van der Waals surface area contributed by atoms with Crippen molar-refractivity contribution in [2.24, 2.45) is 0 Å². The number of hydrogen-bond acceptors (Lipinski definition) is 5. The third-order valence-corrected chi connectivity index (χ3v) is 5.10. The highest BCUT2D eigenvalue weighted by Crippen LogP contribution is 2.21. The van der Waals surface area contributed by atoms with Crippen molar-refractivity contribution in [2.45, 2.75) is 31.6 Å². The van der Waals surface area contributed by atoms with Gasteiger partial charge in [0.25, 0.3) is 0 Å². The molecule has 27 heavy (non-hydrogen) atoms. The molecule has 0 N–H and O–H groups in total. The third kappa shape index (κ3) is 5.08. The molecule has 6 nitrogen and oxygen atoms in total. The molecule has 0 spiro atoms. The molecular weight excluding hydrogens is 382 g/mol. The summed E-state index contributed by atoms with van der Waals surface area (Å²) in [4.78, 5) is 14.6. The van der Waals surface area contributed by atoms with Gasteiger partial charge in [-0.2, -0.15) is 4.68 Å². The summed E-state index contributed by atoms with van der Waals surface area (Å²) in [7, 11) is 0. The summed E-state index contributed by atoms with van der Waals surface area (Å²) in [5, 5.41) is 12.9. The van der Waals surface area contributed by atoms with E-state index in [4.69, 9.17) is 11.6 Å². The maximum Gasteiger partial charge on any atom is 0.233 e. The van der Waals surface area contributed by atoms with Crippen LogP contribution in [0.5, 0.6) is 0 Å². The van der Waals surface area contributed by atoms with E-state index in [2.05, 4.69) is 15.5 Å². The number of aromatic nitrogens is 4. The Kier molecular flexibility index (Phi) is 6.47. The summed E-state index contributed by atoms with van der Waals surface area (Å²) in [5.41, 5.74) is 1.86. The molecule has 0 saturated heterocycles. The van der Waals surface area contributed by atoms with Crippen LogP contribution in [0.3, 0.4) is 0 Å². The number of halogens is 1. The van der Waals surface area contributed by atoms with E-state index < -0.39 is 0 Å². The van der Waals surface area contributed by atoms with Gasteiger partial charge >= 0.3 is 0 Å². The first-order valence-electron chi connectivity index (χ1n) is 8.55. The average Bonchev–Trinajstić information content (AvgIpc) is 3.13. The third-order valence-electron chi connectivity index (χ3n) is 3.96. The summed E-state index contributed by atoms with van der Waals surface area (Å²) >= 11 is 7.36. The Bertz CT molecular complexity index is 900. The van der Waals surface area contributed by atoms with Crippen LogP contribution in [-0.2, 0) is 11.3 Å². The highest BCUT2D eigenvalue weighted by molar-refractivity contribution is 7.99. The van der Waals surface area contributed by atoms with Gasteiger partial charge in [0.1, 0.15) is 0 Å². The van der Waals surface area contributed by atoms with Crippen LogP contribution >= 0.6 is 23.4 Å². The van der Waals surface area contributed by atoms with Crippen LogP contribution < -0.4 is 0 Å². The second-order valence-electron chi connectivity index (χ2n) is 6.24. The van der Waals surface area contributed by atoms with Crippen molar-refractivity contribution in [3.63, 3.8) is 0 Å². The van der Waals surface area contributed by atoms with Crippen LogP contribution in [0.4, 0.5) is 0 Å². The van der Waals surface area contributed by atoms with Gasteiger partial charge in [-0.3, -0.25) is 4.79 Å². The van der Waals surface area contributed by atoms with Crippen LogP contribution in [0.25, 0.3) is 5.69 Å². The highest BCUT2D eigenvalue weighted by Gasteiger charge is 2.19. The first-order valence-corrected chi connectivity index (χ1v) is 9.91. The zero-order chi connectivity index (χ0) is 19.2. The molecular formula is C19H20ClN5OS. The molecule has 0 aliphatic rings. The predicted octanol–water partition coefficient (Wildman–Crippen LogP) is 3.85. The molecule has 3 rings (SSSR count). The summed E-state index contributed by atoms with van der Waals surface area (Å²) in [5.74, 6) is 0.297. The van der Waals surface area contributed by atoms with Gasteiger partial charge in [-0.05, 0) is 48.0 Å². The SMILES string of the molecule is CC(C)N(Cc1ccccc1)C(=O)CSc1nnnn1-c1cccc(Cl)c1. The van der Waals surface area contributed by atoms with Crippen molar-refractivity contribution in [3.05, 3.63) is 65.2 Å². The molecule has 8 heteroatoms. The van der Waals surface area contributed by atoms with Crippen LogP contribution in [0.1, 0.15) is 19.4 Å². The summed E-state index contributed by atoms with van der Waals surface area (Å²) in [6.07, 6.45) is 0. The Morgan fingerprint density at radius 1 is 1.19 bits per heavy atom. The van der Waals surface area contributed by atoms with Crippen molar-refractivity contribution in [3.8, 4) is 5.69 Å². The number of nitrogens with zero attached hydrogens (tertiary/aromatic N) is 5. The second-order valence-corrected chi connectivity index (χ2v) is 7.62. The molecule has 0 fully saturated rings. The van der Waals surface area contributed by atoms with Gasteiger partial charge < -0.3 is 4.90 Å². The maximum atomic E-state index is 12.8. The van der Waals surface area contributed by atoms with Gasteiger partial charge in [-0.25, -0.2) is 0 Å². The predicted molar refractivity (Wildman–Crippen MR) is 107 cm³/mol. The fourth-order valence-corrected chi connectivity index (χ4v) is 3.55. The minimum atomic E-state index is 0.0412. The number of hydrogen-bond donors (Lipinski definition) is 0. The van der Waals surface area contributed by atoms with Crippen LogP contribution in [0.15, 0.2) is 59.8 Å². The van der Waals surface area contributed by atoms with Crippen molar-refractivity contribution in [1.29, 1.82) is 0 Å². The van der Waals surface area contributed by atoms with Crippen molar-refractivity contribution >= 4 is 29.3 Å². The molecule has 0 unspecified atom stereocenters. The number of carbonyl (C=O) groups excluding carboxylic acids is 1. The molecule has 140 valence electrons. The van der Waals surface area contributed by atoms with Gasteiger partial charge in [0.2, 0.25) is 11.1 Å². The molecule has 2 aromatic carbocycles. The Morgan fingerprint density at radius 2 is 1.96 bits per heavy atom. The van der Waals surface area contributed by atoms with E-state index in [9.17, 15) is 4.79 Å². The number of thioether (sulfide) groups is 1. The lowest BCUT2D eigenvalue weighted by molar-refractivity contribution is -0.130. The fourth-order valence-electron chi connectivity index (χ4n) is 2.59. The van der Waals surface area contributed by atoms with Gasteiger partial charge in [0.05, 0.1) is 11.4 Å². The van der Waals surface area contributed by atoms with Gasteiger partial charge in [0.15, 0.2) is 0 Å². The lowest BCUT2D eigenvalue weighted by atomic mass is 10.2. The molecule has 1 aromatic heterocycles. The minimum absolute atomic E-state index is 0.0412. The quantitative estimate of drug-likeness (QED) is 0.563. The largest absolute Gasteiger partial charge is 0.335 e. The van der Waals surface area contributed by atoms with E-state index in [0.29, 0.717) is 16.7 Å². The molecule has 0 bridgehead atoms. The van der Waals surface area contributed by atoms with Gasteiger partial charge in [-0.1, -0.05) is 59.8 Å². The molecule has 1 heterocycles. The number of tetrazole rings is 1. The van der Waals surface area contributed by atoms with E-state index in [0.717, 1.165) is 11.3 Å². The molecule has 0 radical (unpaired) electrons. The monoisotopic (exact) mass is 401 g/mol. The molecule has 3 aromatic rings. The Labute approximate surface area is 167 Å². The van der Waals surface area contributed by atoms with Crippen molar-refractivity contribution < 1.29 is 4.79 Å². The van der Waals surface area contributed by atoms with Gasteiger partial charge in [-0.15, -0.1) is 5.10 Å². The Hall–Kier alpha value is -2.38. The lowest BCUT2D eigenvalue weighted by Crippen LogP contribution is -2.37. The smallest absolute Gasteiger partial charge is 0.233 e. The molecule has 1 amide bonds. The van der Waals surface area contributed by atoms with Crippen molar-refractivity contribution in [2.75, 3.05) is 5.75 Å². The number of benzene rings is 2. The standard InChI is InChI=1S/C19H20ClN5OS/c1-14(2)24(12-15-7-4-3-5-8-15)18(26)13-27-19-21-22-23-25(19)17-10-6-9-16(20)11-17/h3-11,14H,12-13H2,1-2H3. The van der Waals surface area contributed by atoms with Crippen molar-refractivity contribution in [1.82, 2.24) is 25.1 Å². The molecule has 0 aliphatic carbocycles. The van der Waals surface area contributed by atoms with Crippen LogP contribution in [0.2, 0.25) is 5.02 Å². The number of rotatable bonds is 7.